The van der Waals surface area contributed by atoms with E-state index in [-0.39, 0.29) is 60.9 Å². The molecule has 17 heteroatoms. The number of piperidine rings is 1. The number of aromatic nitrogens is 4. The van der Waals surface area contributed by atoms with Gasteiger partial charge in [0.1, 0.15) is 36.5 Å². The van der Waals surface area contributed by atoms with Gasteiger partial charge in [-0.2, -0.15) is 0 Å². The molecule has 2 N–H and O–H groups in total. The van der Waals surface area contributed by atoms with Gasteiger partial charge in [-0.15, -0.1) is 5.10 Å². The number of Topliss-reactive ketones (excluding diaryl/α,β-unsaturated/α-hetero) is 3. The fourth-order valence-corrected chi connectivity index (χ4v) is 10.7. The first-order chi connectivity index (χ1) is 32.8. The van der Waals surface area contributed by atoms with E-state index in [1.807, 2.05) is 58.1 Å². The number of carbonyl (C=O) groups excluding carboxylic acids is 5. The van der Waals surface area contributed by atoms with Gasteiger partial charge in [0.2, 0.25) is 5.79 Å². The van der Waals surface area contributed by atoms with E-state index in [1.165, 1.54) is 12.0 Å². The number of tetrazole rings is 1. The third kappa shape index (κ3) is 14.2. The summed E-state index contributed by atoms with van der Waals surface area (Å²) in [6, 6.07) is -1.19. The van der Waals surface area contributed by atoms with E-state index < -0.39 is 77.8 Å². The molecule has 0 radical (unpaired) electrons. The van der Waals surface area contributed by atoms with Crippen LogP contribution in [0.5, 0.6) is 0 Å². The number of rotatable bonds is 7. The van der Waals surface area contributed by atoms with Gasteiger partial charge in [0.25, 0.3) is 11.7 Å². The average Bonchev–Trinajstić information content (AvgIpc) is 3.88. The lowest BCUT2D eigenvalue weighted by Gasteiger charge is -2.42. The van der Waals surface area contributed by atoms with Gasteiger partial charge in [0, 0.05) is 58.5 Å². The molecule has 4 aliphatic rings. The highest BCUT2D eigenvalue weighted by atomic mass is 16.6. The molecule has 4 heterocycles. The molecule has 15 atom stereocenters. The van der Waals surface area contributed by atoms with E-state index in [9.17, 15) is 34.2 Å². The lowest BCUT2D eigenvalue weighted by molar-refractivity contribution is -0.265. The summed E-state index contributed by atoms with van der Waals surface area (Å²) < 4.78 is 31.6. The first-order valence-corrected chi connectivity index (χ1v) is 25.0. The maximum Gasteiger partial charge on any atom is 0.329 e. The highest BCUT2D eigenvalue weighted by Crippen LogP contribution is 2.39. The molecular weight excluding hydrogens is 887 g/mol. The molecule has 1 aromatic rings. The van der Waals surface area contributed by atoms with Gasteiger partial charge in [-0.05, 0) is 117 Å². The van der Waals surface area contributed by atoms with Gasteiger partial charge in [0.05, 0.1) is 24.4 Å². The summed E-state index contributed by atoms with van der Waals surface area (Å²) in [5, 5.41) is 35.2. The second-order valence-electron chi connectivity index (χ2n) is 20.4. The minimum atomic E-state index is -2.43. The number of nitrogens with zero attached hydrogens (tertiary/aromatic N) is 5. The topological polar surface area (TPSA) is 219 Å². The molecule has 0 spiro atoms. The van der Waals surface area contributed by atoms with Crippen molar-refractivity contribution in [1.82, 2.24) is 25.1 Å². The number of amides is 1. The standard InChI is InChI=1S/C52H79N5O12/c1-31-16-12-11-13-17-32(2)43(65-8)28-39-21-19-37(7)52(64,69-39)49(61)50(62)56-23-15-14-18-41(56)51(63)68-44(34(4)26-38-20-22-40(45(27-38)66-9)57-30-53-54-55-57)29-42(58)33(3)25-36(6)47(60)48(67-10)46(59)35(5)24-31/h11-13,16-17,25,30-31,33-35,37-41,43-45,47-48,60,64H,14-15,18-24,26-29H2,1-10H3/b13-11+,16-12+,32-17+,36-25+/t31-,33-,34-,35?,37-,38+,39+,40+,41?,43+,44?,45-,47-,48?,52-/m1/s1. The minimum absolute atomic E-state index is 0.0170. The van der Waals surface area contributed by atoms with E-state index in [2.05, 4.69) is 15.5 Å². The molecule has 384 valence electrons. The Morgan fingerprint density at radius 3 is 2.32 bits per heavy atom. The summed E-state index contributed by atoms with van der Waals surface area (Å²) in [7, 11) is 4.62. The van der Waals surface area contributed by atoms with E-state index in [0.29, 0.717) is 56.9 Å². The predicted octanol–water partition coefficient (Wildman–Crippen LogP) is 6.05. The zero-order chi connectivity index (χ0) is 50.6. The van der Waals surface area contributed by atoms with Crippen LogP contribution < -0.4 is 0 Å². The van der Waals surface area contributed by atoms with Crippen LogP contribution in [-0.2, 0) is 47.7 Å². The Balaban J connectivity index is 1.46. The number of cyclic esters (lactones) is 1. The van der Waals surface area contributed by atoms with E-state index >= 15 is 0 Å². The molecular formula is C52H79N5O12. The molecule has 5 rings (SSSR count). The molecule has 69 heavy (non-hydrogen) atoms. The van der Waals surface area contributed by atoms with Gasteiger partial charge in [-0.1, -0.05) is 71.1 Å². The Kier molecular flexibility index (Phi) is 20.8. The molecule has 1 amide bonds. The van der Waals surface area contributed by atoms with Crippen LogP contribution in [0, 0.1) is 35.5 Å². The number of ether oxygens (including phenoxy) is 5. The Hall–Kier alpha value is -4.26. The van der Waals surface area contributed by atoms with Crippen molar-refractivity contribution in [2.45, 2.75) is 180 Å². The molecule has 17 nitrogen and oxygen atoms in total. The first kappa shape index (κ1) is 55.7. The number of hydrogen-bond donors (Lipinski definition) is 2. The number of esters is 1. The number of aliphatic hydroxyl groups is 2. The molecule has 3 fully saturated rings. The molecule has 1 aromatic heterocycles. The monoisotopic (exact) mass is 966 g/mol. The molecule has 1 aliphatic carbocycles. The fourth-order valence-electron chi connectivity index (χ4n) is 10.7. The molecule has 3 aliphatic heterocycles. The SMILES string of the molecule is COC1C(=O)C(C)C[C@H](C)/C=C/C=C/C=C(\C)[C@@H](OC)C[C@@H]2CC[C@@H](C)[C@@](O)(O2)C(=O)C(=O)N2CCCCC2C(=O)OC([C@H](C)C[C@@H]2CC[C@H](n3cnnn3)[C@H](OC)C2)CC(=O)[C@H](C)/C=C(\C)[C@H]1O. The summed E-state index contributed by atoms with van der Waals surface area (Å²) in [6.07, 6.45) is 13.9. The van der Waals surface area contributed by atoms with Crippen LogP contribution >= 0.6 is 0 Å². The predicted molar refractivity (Wildman–Crippen MR) is 256 cm³/mol. The van der Waals surface area contributed by atoms with Crippen molar-refractivity contribution in [3.8, 4) is 0 Å². The average molecular weight is 966 g/mol. The van der Waals surface area contributed by atoms with Gasteiger partial charge in [-0.3, -0.25) is 19.2 Å². The maximum atomic E-state index is 14.5. The number of hydrogen-bond acceptors (Lipinski definition) is 15. The van der Waals surface area contributed by atoms with Crippen molar-refractivity contribution in [2.24, 2.45) is 35.5 Å². The number of ketones is 3. The van der Waals surface area contributed by atoms with E-state index in [0.717, 1.165) is 18.4 Å². The summed E-state index contributed by atoms with van der Waals surface area (Å²) >= 11 is 0. The quantitative estimate of drug-likeness (QED) is 0.181. The van der Waals surface area contributed by atoms with Crippen molar-refractivity contribution in [2.75, 3.05) is 27.9 Å². The van der Waals surface area contributed by atoms with Gasteiger partial charge >= 0.3 is 5.97 Å². The molecule has 1 saturated carbocycles. The Labute approximate surface area is 408 Å². The Morgan fingerprint density at radius 1 is 0.884 bits per heavy atom. The van der Waals surface area contributed by atoms with E-state index in [4.69, 9.17) is 23.7 Å². The lowest BCUT2D eigenvalue weighted by atomic mass is 9.77. The molecule has 2 saturated heterocycles. The number of aliphatic hydroxyl groups excluding tert-OH is 1. The van der Waals surface area contributed by atoms with Crippen LogP contribution in [0.15, 0.2) is 53.9 Å². The summed E-state index contributed by atoms with van der Waals surface area (Å²) in [5.74, 6) is -7.92. The number of allylic oxidation sites excluding steroid dienone is 6. The Morgan fingerprint density at radius 2 is 1.64 bits per heavy atom. The normalized spacial score (nSPS) is 38.8. The largest absolute Gasteiger partial charge is 0.460 e. The van der Waals surface area contributed by atoms with Crippen molar-refractivity contribution in [3.05, 3.63) is 53.9 Å². The van der Waals surface area contributed by atoms with Crippen LogP contribution in [0.2, 0.25) is 0 Å². The summed E-state index contributed by atoms with van der Waals surface area (Å²) in [6.45, 7) is 12.8. The van der Waals surface area contributed by atoms with Crippen LogP contribution in [0.1, 0.15) is 132 Å². The fraction of sp³-hybridized carbons (Fsp3) is 0.731. The lowest BCUT2D eigenvalue weighted by Crippen LogP contribution is -2.61. The van der Waals surface area contributed by atoms with Crippen molar-refractivity contribution >= 4 is 29.2 Å². The minimum Gasteiger partial charge on any atom is -0.460 e. The molecule has 0 aromatic carbocycles. The number of carbonyl (C=O) groups is 5. The Bertz CT molecular complexity index is 2020. The van der Waals surface area contributed by atoms with Crippen LogP contribution in [0.4, 0.5) is 0 Å². The van der Waals surface area contributed by atoms with Crippen molar-refractivity contribution < 1.29 is 57.9 Å². The number of methoxy groups -OCH3 is 3. The van der Waals surface area contributed by atoms with Crippen molar-refractivity contribution in [1.29, 1.82) is 0 Å². The highest BCUT2D eigenvalue weighted by Gasteiger charge is 2.53. The first-order valence-electron chi connectivity index (χ1n) is 25.0. The van der Waals surface area contributed by atoms with E-state index in [1.54, 1.807) is 52.1 Å². The molecule has 4 unspecified atom stereocenters. The van der Waals surface area contributed by atoms with Crippen LogP contribution in [-0.4, -0.2) is 141 Å². The van der Waals surface area contributed by atoms with Crippen molar-refractivity contribution in [3.63, 3.8) is 0 Å². The molecule has 2 bridgehead atoms. The van der Waals surface area contributed by atoms with Gasteiger partial charge < -0.3 is 38.8 Å². The third-order valence-corrected chi connectivity index (χ3v) is 15.2. The third-order valence-electron chi connectivity index (χ3n) is 15.2. The van der Waals surface area contributed by atoms with Gasteiger partial charge in [0.15, 0.2) is 5.78 Å². The maximum absolute atomic E-state index is 14.5. The van der Waals surface area contributed by atoms with Gasteiger partial charge in [-0.25, -0.2) is 9.48 Å². The zero-order valence-corrected chi connectivity index (χ0v) is 42.5. The van der Waals surface area contributed by atoms with Crippen LogP contribution in [0.25, 0.3) is 0 Å². The second kappa shape index (κ2) is 25.7. The summed E-state index contributed by atoms with van der Waals surface area (Å²) in [4.78, 5) is 72.3. The zero-order valence-electron chi connectivity index (χ0n) is 42.5. The number of fused-ring (bicyclic) bond motifs is 3. The second-order valence-corrected chi connectivity index (χ2v) is 20.4. The van der Waals surface area contributed by atoms with Crippen LogP contribution in [0.3, 0.4) is 0 Å². The smallest absolute Gasteiger partial charge is 0.329 e. The summed E-state index contributed by atoms with van der Waals surface area (Å²) in [5.41, 5.74) is 1.27. The highest BCUT2D eigenvalue weighted by molar-refractivity contribution is 6.39.